The highest BCUT2D eigenvalue weighted by atomic mass is 79.9. The molecule has 0 saturated carbocycles. The van der Waals surface area contributed by atoms with Crippen molar-refractivity contribution in [1.29, 1.82) is 0 Å². The van der Waals surface area contributed by atoms with Crippen LogP contribution < -0.4 is 0 Å². The summed E-state index contributed by atoms with van der Waals surface area (Å²) in [4.78, 5) is 0. The average molecular weight is 390 g/mol. The van der Waals surface area contributed by atoms with E-state index < -0.39 is 6.10 Å². The van der Waals surface area contributed by atoms with E-state index in [1.807, 2.05) is 13.0 Å². The summed E-state index contributed by atoms with van der Waals surface area (Å²) in [5, 5.41) is 10.5. The maximum atomic E-state index is 10.5. The minimum absolute atomic E-state index is 0.582. The van der Waals surface area contributed by atoms with E-state index in [-0.39, 0.29) is 0 Å². The molecule has 0 bridgehead atoms. The van der Waals surface area contributed by atoms with Crippen molar-refractivity contribution >= 4 is 43.2 Å². The van der Waals surface area contributed by atoms with Gasteiger partial charge in [0.25, 0.3) is 0 Å². The normalized spacial score (nSPS) is 12.8. The highest BCUT2D eigenvalue weighted by Gasteiger charge is 2.18. The lowest BCUT2D eigenvalue weighted by Crippen LogP contribution is -2.03. The van der Waals surface area contributed by atoms with Crippen LogP contribution in [0.25, 0.3) is 0 Å². The maximum Gasteiger partial charge on any atom is 0.106 e. The van der Waals surface area contributed by atoms with Gasteiger partial charge in [0.1, 0.15) is 6.10 Å². The Morgan fingerprint density at radius 1 is 0.944 bits per heavy atom. The minimum Gasteiger partial charge on any atom is -0.384 e. The van der Waals surface area contributed by atoms with E-state index >= 15 is 0 Å². The molecule has 18 heavy (non-hydrogen) atoms. The van der Waals surface area contributed by atoms with Crippen LogP contribution in [-0.4, -0.2) is 5.11 Å². The van der Waals surface area contributed by atoms with Gasteiger partial charge in [-0.05, 0) is 81.0 Å². The maximum absolute atomic E-state index is 10.5. The first-order chi connectivity index (χ1) is 8.40. The van der Waals surface area contributed by atoms with Crippen LogP contribution in [0, 0.1) is 20.8 Å². The van der Waals surface area contributed by atoms with Crippen molar-refractivity contribution in [1.82, 2.24) is 0 Å². The van der Waals surface area contributed by atoms with Crippen molar-refractivity contribution in [3.8, 4) is 0 Å². The van der Waals surface area contributed by atoms with Gasteiger partial charge in [0.15, 0.2) is 0 Å². The predicted octanol–water partition coefficient (Wildman–Crippen LogP) is 5.28. The second kappa shape index (κ2) is 5.45. The number of hydrogen-bond donors (Lipinski definition) is 1. The Hall–Kier alpha value is -0.160. The monoisotopic (exact) mass is 388 g/mol. The topological polar surface area (TPSA) is 20.2 Å². The largest absolute Gasteiger partial charge is 0.384 e. The van der Waals surface area contributed by atoms with Gasteiger partial charge in [-0.1, -0.05) is 12.1 Å². The standard InChI is InChI=1S/C14H14Br2OS/c1-7-4-9(3)10(5-8(7)2)13(17)11-6-12(15)18-14(11)16/h4-6,13,17H,1-3H3. The molecule has 1 unspecified atom stereocenters. The third-order valence-corrected chi connectivity index (χ3v) is 5.54. The predicted molar refractivity (Wildman–Crippen MR) is 84.4 cm³/mol. The van der Waals surface area contributed by atoms with Crippen LogP contribution in [-0.2, 0) is 0 Å². The summed E-state index contributed by atoms with van der Waals surface area (Å²) in [5.41, 5.74) is 5.48. The fourth-order valence-electron chi connectivity index (χ4n) is 1.98. The van der Waals surface area contributed by atoms with Gasteiger partial charge in [-0.25, -0.2) is 0 Å². The number of hydrogen-bond acceptors (Lipinski definition) is 2. The summed E-state index contributed by atoms with van der Waals surface area (Å²) in [6.45, 7) is 6.21. The quantitative estimate of drug-likeness (QED) is 0.740. The number of thiophene rings is 1. The first-order valence-electron chi connectivity index (χ1n) is 5.60. The third kappa shape index (κ3) is 2.72. The first-order valence-corrected chi connectivity index (χ1v) is 8.01. The van der Waals surface area contributed by atoms with E-state index in [0.29, 0.717) is 0 Å². The van der Waals surface area contributed by atoms with Gasteiger partial charge in [-0.15, -0.1) is 11.3 Å². The molecule has 2 rings (SSSR count). The second-order valence-corrected chi connectivity index (χ2v) is 8.22. The van der Waals surface area contributed by atoms with Crippen LogP contribution in [0.2, 0.25) is 0 Å². The molecule has 0 radical (unpaired) electrons. The summed E-state index contributed by atoms with van der Waals surface area (Å²) in [6, 6.07) is 6.17. The van der Waals surface area contributed by atoms with Crippen LogP contribution in [0.1, 0.15) is 33.9 Å². The van der Waals surface area contributed by atoms with E-state index in [1.54, 1.807) is 11.3 Å². The fraction of sp³-hybridized carbons (Fsp3) is 0.286. The van der Waals surface area contributed by atoms with E-state index in [0.717, 1.165) is 24.3 Å². The van der Waals surface area contributed by atoms with E-state index in [9.17, 15) is 5.11 Å². The Labute approximate surface area is 128 Å². The van der Waals surface area contributed by atoms with Crippen molar-refractivity contribution in [3.63, 3.8) is 0 Å². The van der Waals surface area contributed by atoms with Gasteiger partial charge in [0.05, 0.1) is 7.57 Å². The van der Waals surface area contributed by atoms with Crippen molar-refractivity contribution < 1.29 is 5.11 Å². The molecule has 4 heteroatoms. The van der Waals surface area contributed by atoms with Crippen LogP contribution >= 0.6 is 43.2 Å². The number of aryl methyl sites for hydroxylation is 3. The fourth-order valence-corrected chi connectivity index (χ4v) is 4.87. The van der Waals surface area contributed by atoms with E-state index in [4.69, 9.17) is 0 Å². The smallest absolute Gasteiger partial charge is 0.106 e. The molecular formula is C14H14Br2OS. The zero-order valence-electron chi connectivity index (χ0n) is 10.4. The third-order valence-electron chi connectivity index (χ3n) is 3.15. The van der Waals surface area contributed by atoms with E-state index in [1.165, 1.54) is 11.1 Å². The van der Waals surface area contributed by atoms with Gasteiger partial charge in [-0.2, -0.15) is 0 Å². The number of aliphatic hydroxyl groups is 1. The lowest BCUT2D eigenvalue weighted by molar-refractivity contribution is 0.219. The molecule has 0 amide bonds. The average Bonchev–Trinajstić information content (AvgIpc) is 2.62. The zero-order chi connectivity index (χ0) is 13.4. The van der Waals surface area contributed by atoms with Crippen molar-refractivity contribution in [2.45, 2.75) is 26.9 Å². The van der Waals surface area contributed by atoms with Crippen LogP contribution in [0.4, 0.5) is 0 Å². The van der Waals surface area contributed by atoms with Crippen LogP contribution in [0.5, 0.6) is 0 Å². The van der Waals surface area contributed by atoms with Crippen LogP contribution in [0.15, 0.2) is 25.8 Å². The minimum atomic E-state index is -0.582. The molecule has 1 N–H and O–H groups in total. The number of rotatable bonds is 2. The van der Waals surface area contributed by atoms with Crippen molar-refractivity contribution in [3.05, 3.63) is 53.6 Å². The molecule has 2 aromatic rings. The molecule has 1 aromatic heterocycles. The highest BCUT2D eigenvalue weighted by Crippen LogP contribution is 2.38. The number of halogens is 2. The Morgan fingerprint density at radius 3 is 2.11 bits per heavy atom. The highest BCUT2D eigenvalue weighted by molar-refractivity contribution is 9.12. The van der Waals surface area contributed by atoms with Gasteiger partial charge >= 0.3 is 0 Å². The van der Waals surface area contributed by atoms with Gasteiger partial charge in [0, 0.05) is 5.56 Å². The second-order valence-electron chi connectivity index (χ2n) is 4.48. The van der Waals surface area contributed by atoms with E-state index in [2.05, 4.69) is 57.8 Å². The molecule has 1 aromatic carbocycles. The molecule has 0 spiro atoms. The number of aliphatic hydroxyl groups excluding tert-OH is 1. The molecule has 0 fully saturated rings. The lowest BCUT2D eigenvalue weighted by Gasteiger charge is -2.15. The summed E-state index contributed by atoms with van der Waals surface area (Å²) in [6.07, 6.45) is -0.582. The lowest BCUT2D eigenvalue weighted by atomic mass is 9.95. The summed E-state index contributed by atoms with van der Waals surface area (Å²) < 4.78 is 1.99. The Bertz CT molecular complexity index is 590. The molecule has 0 aliphatic rings. The first kappa shape index (κ1) is 14.3. The molecular weight excluding hydrogens is 376 g/mol. The summed E-state index contributed by atoms with van der Waals surface area (Å²) in [5.74, 6) is 0. The molecule has 1 heterocycles. The van der Waals surface area contributed by atoms with Gasteiger partial charge < -0.3 is 5.11 Å². The molecule has 0 aliphatic heterocycles. The molecule has 96 valence electrons. The number of benzene rings is 1. The SMILES string of the molecule is Cc1cc(C)c(C(O)c2cc(Br)sc2Br)cc1C. The van der Waals surface area contributed by atoms with Gasteiger partial charge in [-0.3, -0.25) is 0 Å². The van der Waals surface area contributed by atoms with Crippen molar-refractivity contribution in [2.75, 3.05) is 0 Å². The Kier molecular flexibility index (Phi) is 4.32. The molecule has 0 aliphatic carbocycles. The molecule has 0 saturated heterocycles. The molecule has 1 atom stereocenters. The zero-order valence-corrected chi connectivity index (χ0v) is 14.4. The Morgan fingerprint density at radius 2 is 1.56 bits per heavy atom. The Balaban J connectivity index is 2.49. The van der Waals surface area contributed by atoms with Gasteiger partial charge in [0.2, 0.25) is 0 Å². The summed E-state index contributed by atoms with van der Waals surface area (Å²) in [7, 11) is 0. The van der Waals surface area contributed by atoms with Crippen molar-refractivity contribution in [2.24, 2.45) is 0 Å². The summed E-state index contributed by atoms with van der Waals surface area (Å²) >= 11 is 8.53. The molecule has 1 nitrogen and oxygen atoms in total. The van der Waals surface area contributed by atoms with Crippen LogP contribution in [0.3, 0.4) is 0 Å².